The minimum Gasteiger partial charge on any atom is -0.459 e. The summed E-state index contributed by atoms with van der Waals surface area (Å²) in [5.74, 6) is 1.49. The van der Waals surface area contributed by atoms with Crippen LogP contribution in [0.3, 0.4) is 0 Å². The highest BCUT2D eigenvalue weighted by molar-refractivity contribution is 5.81. The van der Waals surface area contributed by atoms with Gasteiger partial charge in [-0.05, 0) is 61.8 Å². The van der Waals surface area contributed by atoms with Crippen LogP contribution < -0.4 is 10.9 Å². The van der Waals surface area contributed by atoms with E-state index in [0.29, 0.717) is 43.6 Å². The van der Waals surface area contributed by atoms with Gasteiger partial charge in [-0.3, -0.25) is 9.59 Å². The largest absolute Gasteiger partial charge is 0.459 e. The Labute approximate surface area is 229 Å². The minimum absolute atomic E-state index is 0.0888. The summed E-state index contributed by atoms with van der Waals surface area (Å²) in [7, 11) is 0. The quantitative estimate of drug-likeness (QED) is 0.378. The molecule has 2 aromatic heterocycles. The Hall–Kier alpha value is -3.01. The second kappa shape index (κ2) is 12.4. The van der Waals surface area contributed by atoms with E-state index in [1.807, 2.05) is 13.0 Å². The number of pyridine rings is 1. The van der Waals surface area contributed by atoms with Gasteiger partial charge in [-0.1, -0.05) is 19.9 Å². The number of rotatable bonds is 10. The third kappa shape index (κ3) is 6.77. The molecule has 3 aromatic rings. The molecule has 9 heteroatoms. The van der Waals surface area contributed by atoms with Crippen LogP contribution in [0.1, 0.15) is 50.7 Å². The molecule has 2 atom stereocenters. The fourth-order valence-electron chi connectivity index (χ4n) is 5.43. The van der Waals surface area contributed by atoms with Crippen LogP contribution in [0, 0.1) is 18.8 Å². The zero-order valence-electron chi connectivity index (χ0n) is 23.2. The van der Waals surface area contributed by atoms with E-state index < -0.39 is 0 Å². The maximum Gasteiger partial charge on any atom is 0.323 e. The highest BCUT2D eigenvalue weighted by atomic mass is 16.6. The molecule has 0 bridgehead atoms. The number of ether oxygens (including phenoxy) is 3. The predicted octanol–water partition coefficient (Wildman–Crippen LogP) is 3.96. The molecule has 9 nitrogen and oxygen atoms in total. The number of aromatic nitrogens is 3. The maximum atomic E-state index is 12.9. The number of carbonyl (C=O) groups is 1. The van der Waals surface area contributed by atoms with Crippen LogP contribution in [0.25, 0.3) is 22.4 Å². The van der Waals surface area contributed by atoms with Crippen LogP contribution in [0.4, 0.5) is 0 Å². The number of esters is 1. The molecule has 2 fully saturated rings. The number of hydrogen-bond acceptors (Lipinski definition) is 7. The smallest absolute Gasteiger partial charge is 0.323 e. The van der Waals surface area contributed by atoms with E-state index in [-0.39, 0.29) is 23.7 Å². The summed E-state index contributed by atoms with van der Waals surface area (Å²) < 4.78 is 18.9. The Morgan fingerprint density at radius 3 is 2.69 bits per heavy atom. The number of H-pyrrole nitrogens is 1. The van der Waals surface area contributed by atoms with Gasteiger partial charge in [-0.2, -0.15) is 0 Å². The van der Waals surface area contributed by atoms with E-state index in [4.69, 9.17) is 19.2 Å². The Kier molecular flexibility index (Phi) is 8.79. The average Bonchev–Trinajstić information content (AvgIpc) is 3.56. The van der Waals surface area contributed by atoms with Crippen molar-refractivity contribution in [2.75, 3.05) is 26.4 Å². The van der Waals surface area contributed by atoms with Gasteiger partial charge >= 0.3 is 5.97 Å². The van der Waals surface area contributed by atoms with Gasteiger partial charge in [0.2, 0.25) is 0 Å². The van der Waals surface area contributed by atoms with Gasteiger partial charge in [0.25, 0.3) is 5.56 Å². The first-order chi connectivity index (χ1) is 18.9. The normalized spacial score (nSPS) is 19.1. The van der Waals surface area contributed by atoms with Gasteiger partial charge < -0.3 is 29.1 Å². The molecule has 5 rings (SSSR count). The summed E-state index contributed by atoms with van der Waals surface area (Å²) in [6.45, 7) is 10.1. The standard InChI is InChI=1S/C30H40N4O5/c1-19(2)12-26(30(36)39-24-8-11-38-18-24)31-15-22-4-5-27-25(14-22)33-28(23-13-20(3)29(35)32-16-23)34(27)17-21-6-9-37-10-7-21/h4-5,13-14,16,19,21,24,26,31H,6-12,15,17-18H2,1-3H3,(H,32,35)/t24?,26-/m0/s1. The second-order valence-corrected chi connectivity index (χ2v) is 11.3. The van der Waals surface area contributed by atoms with Crippen LogP contribution >= 0.6 is 0 Å². The Balaban J connectivity index is 1.39. The molecule has 1 unspecified atom stereocenters. The van der Waals surface area contributed by atoms with Crippen LogP contribution in [-0.4, -0.2) is 59.1 Å². The first-order valence-electron chi connectivity index (χ1n) is 14.2. The average molecular weight is 537 g/mol. The van der Waals surface area contributed by atoms with Gasteiger partial charge in [-0.15, -0.1) is 0 Å². The van der Waals surface area contributed by atoms with Crippen molar-refractivity contribution in [2.24, 2.45) is 11.8 Å². The number of nitrogens with one attached hydrogen (secondary N) is 2. The van der Waals surface area contributed by atoms with Crippen molar-refractivity contribution in [1.29, 1.82) is 0 Å². The molecule has 0 spiro atoms. The molecule has 1 aromatic carbocycles. The molecular weight excluding hydrogens is 496 g/mol. The monoisotopic (exact) mass is 536 g/mol. The highest BCUT2D eigenvalue weighted by Gasteiger charge is 2.27. The van der Waals surface area contributed by atoms with Crippen LogP contribution in [0.2, 0.25) is 0 Å². The maximum absolute atomic E-state index is 12.9. The summed E-state index contributed by atoms with van der Waals surface area (Å²) >= 11 is 0. The van der Waals surface area contributed by atoms with E-state index in [2.05, 4.69) is 46.9 Å². The Bertz CT molecular complexity index is 1330. The molecular formula is C30H40N4O5. The summed E-state index contributed by atoms with van der Waals surface area (Å²) in [6.07, 6.45) is 5.09. The summed E-state index contributed by atoms with van der Waals surface area (Å²) in [5.41, 5.74) is 4.47. The van der Waals surface area contributed by atoms with Crippen molar-refractivity contribution in [3.05, 3.63) is 51.9 Å². The summed E-state index contributed by atoms with van der Waals surface area (Å²) in [5, 5.41) is 3.43. The topological polar surface area (TPSA) is 107 Å². The zero-order chi connectivity index (χ0) is 27.4. The summed E-state index contributed by atoms with van der Waals surface area (Å²) in [6, 6.07) is 7.83. The Morgan fingerprint density at radius 1 is 1.18 bits per heavy atom. The van der Waals surface area contributed by atoms with E-state index >= 15 is 0 Å². The van der Waals surface area contributed by atoms with Crippen molar-refractivity contribution in [3.63, 3.8) is 0 Å². The van der Waals surface area contributed by atoms with Gasteiger partial charge in [0.1, 0.15) is 18.0 Å². The van der Waals surface area contributed by atoms with Crippen molar-refractivity contribution >= 4 is 17.0 Å². The van der Waals surface area contributed by atoms with Gasteiger partial charge in [0.15, 0.2) is 0 Å². The lowest BCUT2D eigenvalue weighted by atomic mass is 10.00. The molecule has 2 N–H and O–H groups in total. The van der Waals surface area contributed by atoms with Gasteiger partial charge in [-0.25, -0.2) is 4.98 Å². The number of fused-ring (bicyclic) bond motifs is 1. The molecule has 210 valence electrons. The number of nitrogens with zero attached hydrogens (tertiary/aromatic N) is 2. The molecule has 0 saturated carbocycles. The van der Waals surface area contributed by atoms with E-state index in [1.54, 1.807) is 6.20 Å². The number of benzene rings is 1. The van der Waals surface area contributed by atoms with Crippen molar-refractivity contribution in [2.45, 2.75) is 71.7 Å². The fraction of sp³-hybridized carbons (Fsp3) is 0.567. The third-order valence-corrected chi connectivity index (χ3v) is 7.66. The first-order valence-corrected chi connectivity index (χ1v) is 14.2. The van der Waals surface area contributed by atoms with Gasteiger partial charge in [0.05, 0.1) is 24.2 Å². The molecule has 0 amide bonds. The molecule has 2 saturated heterocycles. The lowest BCUT2D eigenvalue weighted by molar-refractivity contribution is -0.152. The Morgan fingerprint density at radius 2 is 1.97 bits per heavy atom. The van der Waals surface area contributed by atoms with E-state index in [1.165, 1.54) is 0 Å². The predicted molar refractivity (Wildman–Crippen MR) is 149 cm³/mol. The molecule has 4 heterocycles. The molecule has 2 aliphatic rings. The number of imidazole rings is 1. The number of aryl methyl sites for hydroxylation is 1. The third-order valence-electron chi connectivity index (χ3n) is 7.66. The highest BCUT2D eigenvalue weighted by Crippen LogP contribution is 2.29. The minimum atomic E-state index is -0.382. The van der Waals surface area contributed by atoms with Crippen molar-refractivity contribution in [3.8, 4) is 11.4 Å². The lowest BCUT2D eigenvalue weighted by Crippen LogP contribution is -2.40. The molecule has 2 aliphatic heterocycles. The van der Waals surface area contributed by atoms with E-state index in [9.17, 15) is 9.59 Å². The summed E-state index contributed by atoms with van der Waals surface area (Å²) in [4.78, 5) is 32.8. The lowest BCUT2D eigenvalue weighted by Gasteiger charge is -2.23. The van der Waals surface area contributed by atoms with Crippen LogP contribution in [0.5, 0.6) is 0 Å². The van der Waals surface area contributed by atoms with Crippen molar-refractivity contribution < 1.29 is 19.0 Å². The number of hydrogen-bond donors (Lipinski definition) is 2. The van der Waals surface area contributed by atoms with Crippen molar-refractivity contribution in [1.82, 2.24) is 19.9 Å². The van der Waals surface area contributed by atoms with Crippen LogP contribution in [0.15, 0.2) is 35.3 Å². The van der Waals surface area contributed by atoms with E-state index in [0.717, 1.165) is 67.0 Å². The number of carbonyl (C=O) groups excluding carboxylic acids is 1. The van der Waals surface area contributed by atoms with Crippen LogP contribution in [-0.2, 0) is 32.1 Å². The van der Waals surface area contributed by atoms with Gasteiger partial charge in [0, 0.05) is 50.0 Å². The SMILES string of the molecule is Cc1cc(-c2nc3cc(CN[C@@H](CC(C)C)C(=O)OC4CCOC4)ccc3n2CC2CCOCC2)c[nH]c1=O. The first kappa shape index (κ1) is 27.6. The number of aromatic amines is 1. The molecule has 0 aliphatic carbocycles. The second-order valence-electron chi connectivity index (χ2n) is 11.3. The fourth-order valence-corrected chi connectivity index (χ4v) is 5.43. The zero-order valence-corrected chi connectivity index (χ0v) is 23.2. The molecule has 39 heavy (non-hydrogen) atoms. The molecule has 0 radical (unpaired) electrons.